The zero-order chi connectivity index (χ0) is 13.1. The lowest BCUT2D eigenvalue weighted by molar-refractivity contribution is 0.111. The van der Waals surface area contributed by atoms with E-state index < -0.39 is 0 Å². The maximum absolute atomic E-state index is 5.82. The van der Waals surface area contributed by atoms with E-state index in [0.717, 1.165) is 11.3 Å². The highest BCUT2D eigenvalue weighted by Gasteiger charge is 2.21. The molecule has 0 aliphatic carbocycles. The van der Waals surface area contributed by atoms with Gasteiger partial charge in [-0.05, 0) is 46.5 Å². The number of pyridine rings is 1. The van der Waals surface area contributed by atoms with Crippen LogP contribution >= 0.6 is 11.6 Å². The lowest BCUT2D eigenvalue weighted by Crippen LogP contribution is -2.43. The lowest BCUT2D eigenvalue weighted by atomic mass is 10.1. The number of rotatable bonds is 5. The van der Waals surface area contributed by atoms with Crippen molar-refractivity contribution in [3.05, 3.63) is 23.4 Å². The summed E-state index contributed by atoms with van der Waals surface area (Å²) in [5, 5.41) is 0. The van der Waals surface area contributed by atoms with Crippen molar-refractivity contribution in [3.8, 4) is 5.88 Å². The third kappa shape index (κ3) is 4.17. The Morgan fingerprint density at radius 2 is 2.00 bits per heavy atom. The van der Waals surface area contributed by atoms with Crippen LogP contribution in [0.1, 0.15) is 25.1 Å². The highest BCUT2D eigenvalue weighted by atomic mass is 35.5. The van der Waals surface area contributed by atoms with Crippen molar-refractivity contribution in [2.24, 2.45) is 0 Å². The summed E-state index contributed by atoms with van der Waals surface area (Å²) in [6.07, 6.45) is 0. The second-order valence-electron chi connectivity index (χ2n) is 5.08. The molecule has 0 aliphatic rings. The quantitative estimate of drug-likeness (QED) is 0.758. The summed E-state index contributed by atoms with van der Waals surface area (Å²) >= 11 is 5.82. The monoisotopic (exact) mass is 256 g/mol. The Balaban J connectivity index is 2.72. The summed E-state index contributed by atoms with van der Waals surface area (Å²) in [7, 11) is 4.08. The molecular weight excluding hydrogens is 236 g/mol. The molecule has 0 fully saturated rings. The number of aryl methyl sites for hydroxylation is 1. The molecule has 1 aromatic rings. The molecule has 96 valence electrons. The zero-order valence-electron chi connectivity index (χ0n) is 11.2. The Bertz CT molecular complexity index is 378. The van der Waals surface area contributed by atoms with Gasteiger partial charge in [-0.25, -0.2) is 4.98 Å². The van der Waals surface area contributed by atoms with Crippen LogP contribution in [0.15, 0.2) is 12.1 Å². The molecule has 0 bridgehead atoms. The van der Waals surface area contributed by atoms with Crippen molar-refractivity contribution in [1.29, 1.82) is 0 Å². The van der Waals surface area contributed by atoms with Gasteiger partial charge in [0.1, 0.15) is 6.61 Å². The van der Waals surface area contributed by atoms with E-state index in [1.54, 1.807) is 0 Å². The summed E-state index contributed by atoms with van der Waals surface area (Å²) in [6.45, 7) is 6.80. The van der Waals surface area contributed by atoms with E-state index >= 15 is 0 Å². The highest BCUT2D eigenvalue weighted by Crippen LogP contribution is 2.17. The molecule has 1 rings (SSSR count). The lowest BCUT2D eigenvalue weighted by Gasteiger charge is -2.31. The fraction of sp³-hybridized carbons (Fsp3) is 0.615. The minimum atomic E-state index is -0.0213. The molecule has 4 heteroatoms. The van der Waals surface area contributed by atoms with Crippen molar-refractivity contribution < 1.29 is 4.74 Å². The van der Waals surface area contributed by atoms with E-state index in [4.69, 9.17) is 16.3 Å². The van der Waals surface area contributed by atoms with Gasteiger partial charge in [0.15, 0.2) is 0 Å². The standard InChI is InChI=1S/C13H21ClN2O/c1-10-6-11(8-14)7-12(15-10)17-9-13(2,3)16(4)5/h6-7H,8-9H2,1-5H3. The first-order valence-corrected chi connectivity index (χ1v) is 6.22. The molecule has 3 nitrogen and oxygen atoms in total. The number of alkyl halides is 1. The molecular formula is C13H21ClN2O. The first kappa shape index (κ1) is 14.3. The minimum Gasteiger partial charge on any atom is -0.476 e. The fourth-order valence-electron chi connectivity index (χ4n) is 1.24. The number of aromatic nitrogens is 1. The van der Waals surface area contributed by atoms with E-state index in [1.165, 1.54) is 0 Å². The molecule has 0 N–H and O–H groups in total. The molecule has 0 saturated carbocycles. The summed E-state index contributed by atoms with van der Waals surface area (Å²) in [5.41, 5.74) is 1.95. The van der Waals surface area contributed by atoms with Gasteiger partial charge in [0.05, 0.1) is 0 Å². The average Bonchev–Trinajstić information content (AvgIpc) is 2.25. The molecule has 0 saturated heterocycles. The van der Waals surface area contributed by atoms with Gasteiger partial charge in [-0.15, -0.1) is 11.6 Å². The van der Waals surface area contributed by atoms with Crippen LogP contribution < -0.4 is 4.74 Å². The summed E-state index contributed by atoms with van der Waals surface area (Å²) in [4.78, 5) is 6.48. The maximum atomic E-state index is 5.82. The molecule has 0 aromatic carbocycles. The zero-order valence-corrected chi connectivity index (χ0v) is 12.0. The third-order valence-corrected chi connectivity index (χ3v) is 3.24. The van der Waals surface area contributed by atoms with Gasteiger partial charge in [0.25, 0.3) is 0 Å². The second kappa shape index (κ2) is 5.69. The maximum Gasteiger partial charge on any atom is 0.213 e. The topological polar surface area (TPSA) is 25.4 Å². The van der Waals surface area contributed by atoms with Gasteiger partial charge < -0.3 is 9.64 Å². The van der Waals surface area contributed by atoms with E-state index in [2.05, 4.69) is 23.7 Å². The molecule has 0 amide bonds. The molecule has 1 aromatic heterocycles. The van der Waals surface area contributed by atoms with Crippen molar-refractivity contribution in [3.63, 3.8) is 0 Å². The molecule has 17 heavy (non-hydrogen) atoms. The Morgan fingerprint density at radius 3 is 2.53 bits per heavy atom. The number of hydrogen-bond acceptors (Lipinski definition) is 3. The fourth-order valence-corrected chi connectivity index (χ4v) is 1.39. The van der Waals surface area contributed by atoms with Crippen molar-refractivity contribution >= 4 is 11.6 Å². The number of halogens is 1. The highest BCUT2D eigenvalue weighted by molar-refractivity contribution is 6.17. The molecule has 0 atom stereocenters. The van der Waals surface area contributed by atoms with Gasteiger partial charge in [-0.3, -0.25) is 0 Å². The van der Waals surface area contributed by atoms with Crippen molar-refractivity contribution in [2.75, 3.05) is 20.7 Å². The summed E-state index contributed by atoms with van der Waals surface area (Å²) in [6, 6.07) is 3.86. The van der Waals surface area contributed by atoms with E-state index in [9.17, 15) is 0 Å². The SMILES string of the molecule is Cc1cc(CCl)cc(OCC(C)(C)N(C)C)n1. The first-order chi connectivity index (χ1) is 7.85. The van der Waals surface area contributed by atoms with Crippen LogP contribution in [0.3, 0.4) is 0 Å². The predicted octanol–water partition coefficient (Wildman–Crippen LogP) is 2.85. The van der Waals surface area contributed by atoms with Crippen LogP contribution in [0.4, 0.5) is 0 Å². The van der Waals surface area contributed by atoms with Crippen LogP contribution in [0.25, 0.3) is 0 Å². The Hall–Kier alpha value is -0.800. The van der Waals surface area contributed by atoms with Gasteiger partial charge >= 0.3 is 0 Å². The first-order valence-electron chi connectivity index (χ1n) is 5.69. The Labute approximate surface area is 109 Å². The van der Waals surface area contributed by atoms with Gasteiger partial charge in [0, 0.05) is 23.2 Å². The van der Waals surface area contributed by atoms with E-state index in [1.807, 2.05) is 33.2 Å². The average molecular weight is 257 g/mol. The Kier molecular flexibility index (Phi) is 4.78. The van der Waals surface area contributed by atoms with Crippen molar-refractivity contribution in [2.45, 2.75) is 32.2 Å². The van der Waals surface area contributed by atoms with Crippen LogP contribution in [0, 0.1) is 6.92 Å². The van der Waals surface area contributed by atoms with Crippen LogP contribution in [0.5, 0.6) is 5.88 Å². The van der Waals surface area contributed by atoms with Gasteiger partial charge in [-0.1, -0.05) is 0 Å². The van der Waals surface area contributed by atoms with E-state index in [0.29, 0.717) is 18.4 Å². The largest absolute Gasteiger partial charge is 0.476 e. The molecule has 0 radical (unpaired) electrons. The van der Waals surface area contributed by atoms with E-state index in [-0.39, 0.29) is 5.54 Å². The molecule has 1 heterocycles. The number of hydrogen-bond donors (Lipinski definition) is 0. The molecule has 0 unspecified atom stereocenters. The number of nitrogens with zero attached hydrogens (tertiary/aromatic N) is 2. The smallest absolute Gasteiger partial charge is 0.213 e. The normalized spacial score (nSPS) is 11.9. The minimum absolute atomic E-state index is 0.0213. The van der Waals surface area contributed by atoms with Gasteiger partial charge in [0.2, 0.25) is 5.88 Å². The van der Waals surface area contributed by atoms with Crippen molar-refractivity contribution in [1.82, 2.24) is 9.88 Å². The molecule has 0 spiro atoms. The third-order valence-electron chi connectivity index (χ3n) is 2.93. The Morgan fingerprint density at radius 1 is 1.35 bits per heavy atom. The van der Waals surface area contributed by atoms with Crippen LogP contribution in [-0.2, 0) is 5.88 Å². The summed E-state index contributed by atoms with van der Waals surface area (Å²) < 4.78 is 5.74. The second-order valence-corrected chi connectivity index (χ2v) is 5.35. The van der Waals surface area contributed by atoms with Gasteiger partial charge in [-0.2, -0.15) is 0 Å². The van der Waals surface area contributed by atoms with Crippen LogP contribution in [0.2, 0.25) is 0 Å². The summed E-state index contributed by atoms with van der Waals surface area (Å²) in [5.74, 6) is 1.13. The molecule has 0 aliphatic heterocycles. The number of ether oxygens (including phenoxy) is 1. The van der Waals surface area contributed by atoms with Crippen LogP contribution in [-0.4, -0.2) is 36.1 Å². The number of likely N-dealkylation sites (N-methyl/N-ethyl adjacent to an activating group) is 1. The predicted molar refractivity (Wildman–Crippen MR) is 71.8 cm³/mol.